The van der Waals surface area contributed by atoms with Gasteiger partial charge in [0.2, 0.25) is 5.90 Å². The van der Waals surface area contributed by atoms with E-state index in [1.807, 2.05) is 12.3 Å². The van der Waals surface area contributed by atoms with Gasteiger partial charge in [-0.2, -0.15) is 0 Å². The molecule has 3 heterocycles. The fourth-order valence-corrected chi connectivity index (χ4v) is 7.97. The molecule has 5 nitrogen and oxygen atoms in total. The van der Waals surface area contributed by atoms with Crippen molar-refractivity contribution in [2.75, 3.05) is 4.90 Å². The van der Waals surface area contributed by atoms with Crippen molar-refractivity contribution in [3.8, 4) is 22.6 Å². The lowest BCUT2D eigenvalue weighted by Gasteiger charge is -2.41. The van der Waals surface area contributed by atoms with Gasteiger partial charge in [-0.15, -0.1) is 0 Å². The summed E-state index contributed by atoms with van der Waals surface area (Å²) in [6.07, 6.45) is 2.81. The first kappa shape index (κ1) is 31.3. The Morgan fingerprint density at radius 2 is 1.45 bits per heavy atom. The van der Waals surface area contributed by atoms with Gasteiger partial charge in [-0.1, -0.05) is 113 Å². The summed E-state index contributed by atoms with van der Waals surface area (Å²) in [6.45, 7) is 11.3. The van der Waals surface area contributed by atoms with E-state index in [0.29, 0.717) is 5.90 Å². The molecule has 0 saturated heterocycles. The number of fused-ring (bicyclic) bond motifs is 5. The third kappa shape index (κ3) is 5.39. The Balaban J connectivity index is 1.14. The molecule has 0 unspecified atom stereocenters. The molecule has 0 radical (unpaired) electrons. The fraction of sp³-hybridized carbons (Fsp3) is 0.217. The predicted molar refractivity (Wildman–Crippen MR) is 206 cm³/mol. The van der Waals surface area contributed by atoms with Gasteiger partial charge in [-0.25, -0.2) is 9.98 Å². The van der Waals surface area contributed by atoms with Crippen LogP contribution in [0.1, 0.15) is 74.0 Å². The molecule has 3 aliphatic rings. The van der Waals surface area contributed by atoms with Crippen LogP contribution in [0.2, 0.25) is 0 Å². The van der Waals surface area contributed by atoms with Crippen molar-refractivity contribution in [3.63, 3.8) is 0 Å². The second-order valence-corrected chi connectivity index (χ2v) is 15.5. The van der Waals surface area contributed by atoms with Crippen LogP contribution in [0.5, 0.6) is 11.5 Å². The largest absolute Gasteiger partial charge is 0.471 e. The zero-order chi connectivity index (χ0) is 34.9. The summed E-state index contributed by atoms with van der Waals surface area (Å²) in [7, 11) is 0. The molecule has 0 spiro atoms. The van der Waals surface area contributed by atoms with Gasteiger partial charge < -0.3 is 9.47 Å². The van der Waals surface area contributed by atoms with E-state index >= 15 is 0 Å². The number of pyridine rings is 1. The molecule has 1 aliphatic carbocycles. The SMILES string of the molecule is CC(C)(C)c1ccnc(N2c3ccccc3C(C)(C)c3ccc(Oc4cc(C5=N[C@@H]6c7ccccc7C[C@@H]6O5)cc(-c5ccccc5)c4)cc32)c1. The first-order chi connectivity index (χ1) is 24.6. The molecule has 5 heteroatoms. The Bertz CT molecular complexity index is 2340. The molecular weight excluding hydrogens is 627 g/mol. The van der Waals surface area contributed by atoms with Gasteiger partial charge in [0.05, 0.1) is 11.4 Å². The van der Waals surface area contributed by atoms with Gasteiger partial charge in [0.25, 0.3) is 0 Å². The third-order valence-corrected chi connectivity index (χ3v) is 10.7. The fourth-order valence-electron chi connectivity index (χ4n) is 7.97. The Kier molecular flexibility index (Phi) is 7.18. The van der Waals surface area contributed by atoms with Crippen molar-refractivity contribution in [1.29, 1.82) is 0 Å². The van der Waals surface area contributed by atoms with Gasteiger partial charge in [-0.05, 0) is 86.8 Å². The molecule has 1 aromatic heterocycles. The topological polar surface area (TPSA) is 47.0 Å². The van der Waals surface area contributed by atoms with Crippen LogP contribution in [0.25, 0.3) is 11.1 Å². The molecule has 0 N–H and O–H groups in total. The van der Waals surface area contributed by atoms with Crippen LogP contribution in [-0.2, 0) is 22.0 Å². The summed E-state index contributed by atoms with van der Waals surface area (Å²) in [6, 6.07) is 44.8. The van der Waals surface area contributed by atoms with E-state index in [0.717, 1.165) is 51.8 Å². The van der Waals surface area contributed by atoms with Crippen LogP contribution in [-0.4, -0.2) is 17.0 Å². The Hall–Kier alpha value is -5.68. The summed E-state index contributed by atoms with van der Waals surface area (Å²) in [5.74, 6) is 3.03. The highest BCUT2D eigenvalue weighted by Gasteiger charge is 2.40. The molecule has 2 atom stereocenters. The molecule has 51 heavy (non-hydrogen) atoms. The minimum atomic E-state index is -0.225. The monoisotopic (exact) mass is 667 g/mol. The zero-order valence-electron chi connectivity index (χ0n) is 29.7. The predicted octanol–water partition coefficient (Wildman–Crippen LogP) is 11.4. The maximum absolute atomic E-state index is 6.82. The van der Waals surface area contributed by atoms with Crippen molar-refractivity contribution >= 4 is 23.1 Å². The number of nitrogens with zero attached hydrogens (tertiary/aromatic N) is 3. The zero-order valence-corrected chi connectivity index (χ0v) is 29.7. The summed E-state index contributed by atoms with van der Waals surface area (Å²) in [4.78, 5) is 12.4. The Labute approximate surface area is 300 Å². The van der Waals surface area contributed by atoms with E-state index < -0.39 is 0 Å². The van der Waals surface area contributed by atoms with Gasteiger partial charge in [0.15, 0.2) is 0 Å². The lowest BCUT2D eigenvalue weighted by atomic mass is 9.73. The normalized spacial score (nSPS) is 18.2. The van der Waals surface area contributed by atoms with E-state index in [9.17, 15) is 0 Å². The number of benzene rings is 5. The first-order valence-electron chi connectivity index (χ1n) is 17.9. The van der Waals surface area contributed by atoms with Crippen molar-refractivity contribution < 1.29 is 9.47 Å². The average Bonchev–Trinajstić information content (AvgIpc) is 3.71. The second kappa shape index (κ2) is 11.7. The van der Waals surface area contributed by atoms with Gasteiger partial charge in [-0.3, -0.25) is 4.90 Å². The maximum Gasteiger partial charge on any atom is 0.217 e. The number of hydrogen-bond donors (Lipinski definition) is 0. The Morgan fingerprint density at radius 1 is 0.706 bits per heavy atom. The average molecular weight is 668 g/mol. The summed E-state index contributed by atoms with van der Waals surface area (Å²) in [5.41, 5.74) is 11.3. The van der Waals surface area contributed by atoms with Crippen molar-refractivity contribution in [2.24, 2.45) is 4.99 Å². The quantitative estimate of drug-likeness (QED) is 0.184. The van der Waals surface area contributed by atoms with E-state index in [2.05, 4.69) is 161 Å². The first-order valence-corrected chi connectivity index (χ1v) is 17.9. The van der Waals surface area contributed by atoms with E-state index in [4.69, 9.17) is 19.5 Å². The van der Waals surface area contributed by atoms with E-state index in [-0.39, 0.29) is 23.0 Å². The van der Waals surface area contributed by atoms with Crippen LogP contribution in [0.3, 0.4) is 0 Å². The number of hydrogen-bond acceptors (Lipinski definition) is 5. The van der Waals surface area contributed by atoms with Crippen LogP contribution in [0, 0.1) is 0 Å². The van der Waals surface area contributed by atoms with Crippen LogP contribution >= 0.6 is 0 Å². The maximum atomic E-state index is 6.82. The van der Waals surface area contributed by atoms with E-state index in [1.54, 1.807) is 0 Å². The van der Waals surface area contributed by atoms with Gasteiger partial charge in [0.1, 0.15) is 29.5 Å². The highest BCUT2D eigenvalue weighted by atomic mass is 16.5. The number of aliphatic imine (C=N–C) groups is 1. The van der Waals surface area contributed by atoms with Crippen molar-refractivity contribution in [1.82, 2.24) is 4.98 Å². The molecule has 6 aromatic rings. The van der Waals surface area contributed by atoms with Crippen molar-refractivity contribution in [2.45, 2.75) is 64.0 Å². The molecule has 9 rings (SSSR count). The summed E-state index contributed by atoms with van der Waals surface area (Å²) in [5, 5.41) is 0. The van der Waals surface area contributed by atoms with Crippen LogP contribution in [0.15, 0.2) is 139 Å². The number of anilines is 3. The lowest BCUT2D eigenvalue weighted by molar-refractivity contribution is 0.206. The smallest absolute Gasteiger partial charge is 0.217 e. The lowest BCUT2D eigenvalue weighted by Crippen LogP contribution is -2.31. The molecule has 252 valence electrons. The van der Waals surface area contributed by atoms with Gasteiger partial charge >= 0.3 is 0 Å². The summed E-state index contributed by atoms with van der Waals surface area (Å²) >= 11 is 0. The minimum Gasteiger partial charge on any atom is -0.471 e. The highest BCUT2D eigenvalue weighted by molar-refractivity contribution is 5.97. The Morgan fingerprint density at radius 3 is 2.29 bits per heavy atom. The van der Waals surface area contributed by atoms with Crippen molar-refractivity contribution in [3.05, 3.63) is 167 Å². The minimum absolute atomic E-state index is 0.0170. The molecule has 0 amide bonds. The highest BCUT2D eigenvalue weighted by Crippen LogP contribution is 2.53. The molecule has 0 bridgehead atoms. The number of ether oxygens (including phenoxy) is 2. The second-order valence-electron chi connectivity index (χ2n) is 15.5. The van der Waals surface area contributed by atoms with Gasteiger partial charge in [0, 0.05) is 29.7 Å². The van der Waals surface area contributed by atoms with Crippen LogP contribution in [0.4, 0.5) is 17.2 Å². The third-order valence-electron chi connectivity index (χ3n) is 10.7. The standard InChI is InChI=1S/C46H41N3O2/c1-45(2,3)33-21-22-47-42(27-33)49-39-18-12-11-17-37(39)46(4,5)38-20-19-34(28-40(38)49)50-35-24-31(29-13-7-6-8-14-29)23-32(25-35)44-48-43-36-16-10-9-15-30(36)26-41(43)51-44/h6-25,27-28,41,43H,26H2,1-5H3/t41-,43+/m0/s1. The number of rotatable bonds is 5. The molecular formula is C46H41N3O2. The number of para-hydroxylation sites is 1. The van der Waals surface area contributed by atoms with Crippen LogP contribution < -0.4 is 9.64 Å². The summed E-state index contributed by atoms with van der Waals surface area (Å²) < 4.78 is 13.4. The van der Waals surface area contributed by atoms with E-state index in [1.165, 1.54) is 27.8 Å². The molecule has 0 fully saturated rings. The molecule has 0 saturated carbocycles. The molecule has 5 aromatic carbocycles. The number of aromatic nitrogens is 1. The molecule has 2 aliphatic heterocycles.